The first-order chi connectivity index (χ1) is 18.1. The van der Waals surface area contributed by atoms with Crippen molar-refractivity contribution in [3.8, 4) is 0 Å². The molecule has 2 unspecified atom stereocenters. The molecule has 3 amide bonds. The van der Waals surface area contributed by atoms with Gasteiger partial charge in [-0.05, 0) is 68.7 Å². The molecular weight excluding hydrogens is 498 g/mol. The zero-order valence-electron chi connectivity index (χ0n) is 23.6. The lowest BCUT2D eigenvalue weighted by atomic mass is 10.00. The molecule has 0 aromatic heterocycles. The maximum Gasteiger partial charge on any atom is 0.408 e. The monoisotopic (exact) mass is 541 g/mol. The van der Waals surface area contributed by atoms with E-state index >= 15 is 0 Å². The fourth-order valence-electron chi connectivity index (χ4n) is 4.04. The molecule has 0 bridgehead atoms. The average Bonchev–Trinajstić information content (AvgIpc) is 2.89. The van der Waals surface area contributed by atoms with E-state index in [9.17, 15) is 14.4 Å². The molecule has 2 rings (SSSR count). The lowest BCUT2D eigenvalue weighted by molar-refractivity contribution is -0.142. The molecule has 8 heteroatoms. The average molecular weight is 542 g/mol. The molecule has 2 aromatic rings. The molecule has 0 spiro atoms. The number of amides is 3. The minimum atomic E-state index is -0.839. The van der Waals surface area contributed by atoms with Gasteiger partial charge in [-0.15, -0.1) is 0 Å². The molecule has 208 valence electrons. The first-order valence-electron chi connectivity index (χ1n) is 13.3. The van der Waals surface area contributed by atoms with Crippen LogP contribution in [0.3, 0.4) is 0 Å². The van der Waals surface area contributed by atoms with Gasteiger partial charge < -0.3 is 20.3 Å². The van der Waals surface area contributed by atoms with E-state index in [0.717, 1.165) is 23.1 Å². The number of nitrogens with zero attached hydrogens (tertiary/aromatic N) is 1. The molecule has 0 aliphatic carbocycles. The van der Waals surface area contributed by atoms with Crippen molar-refractivity contribution in [2.75, 3.05) is 18.6 Å². The summed E-state index contributed by atoms with van der Waals surface area (Å²) in [5, 5.41) is 5.80. The summed E-state index contributed by atoms with van der Waals surface area (Å²) in [6, 6.07) is 15.8. The van der Waals surface area contributed by atoms with Gasteiger partial charge in [0.05, 0.1) is 0 Å². The fraction of sp³-hybridized carbons (Fsp3) is 0.500. The normalized spacial score (nSPS) is 12.8. The van der Waals surface area contributed by atoms with Gasteiger partial charge in [0, 0.05) is 13.1 Å². The van der Waals surface area contributed by atoms with Crippen LogP contribution in [-0.2, 0) is 27.3 Å². The third kappa shape index (κ3) is 10.0. The Bertz CT molecular complexity index is 1020. The lowest BCUT2D eigenvalue weighted by Crippen LogP contribution is -2.53. The molecule has 2 N–H and O–H groups in total. The van der Waals surface area contributed by atoms with E-state index in [2.05, 4.69) is 17.6 Å². The van der Waals surface area contributed by atoms with Gasteiger partial charge in [0.2, 0.25) is 11.8 Å². The van der Waals surface area contributed by atoms with Crippen molar-refractivity contribution in [1.82, 2.24) is 15.5 Å². The number of ether oxygens (including phenoxy) is 1. The Hall–Kier alpha value is -3.00. The van der Waals surface area contributed by atoms with Gasteiger partial charge in [-0.3, -0.25) is 9.59 Å². The summed E-state index contributed by atoms with van der Waals surface area (Å²) in [4.78, 5) is 42.0. The Kier molecular flexibility index (Phi) is 12.7. The fourth-order valence-corrected chi connectivity index (χ4v) is 4.51. The lowest BCUT2D eigenvalue weighted by Gasteiger charge is -2.34. The van der Waals surface area contributed by atoms with Crippen molar-refractivity contribution in [3.63, 3.8) is 0 Å². The third-order valence-electron chi connectivity index (χ3n) is 5.92. The number of aryl methyl sites for hydroxylation is 1. The smallest absolute Gasteiger partial charge is 0.408 e. The van der Waals surface area contributed by atoms with Crippen molar-refractivity contribution >= 4 is 29.7 Å². The summed E-state index contributed by atoms with van der Waals surface area (Å²) in [5.74, 6) is 0.106. The van der Waals surface area contributed by atoms with E-state index in [0.29, 0.717) is 31.7 Å². The summed E-state index contributed by atoms with van der Waals surface area (Å²) < 4.78 is 5.44. The molecule has 0 radical (unpaired) electrons. The van der Waals surface area contributed by atoms with E-state index in [-0.39, 0.29) is 11.8 Å². The summed E-state index contributed by atoms with van der Waals surface area (Å²) in [6.45, 7) is 10.1. The highest BCUT2D eigenvalue weighted by Crippen LogP contribution is 2.25. The summed E-state index contributed by atoms with van der Waals surface area (Å²) in [7, 11) is 0. The van der Waals surface area contributed by atoms with Gasteiger partial charge in [0.25, 0.3) is 0 Å². The van der Waals surface area contributed by atoms with Crippen LogP contribution in [0.5, 0.6) is 0 Å². The molecule has 38 heavy (non-hydrogen) atoms. The van der Waals surface area contributed by atoms with E-state index in [4.69, 9.17) is 4.74 Å². The summed E-state index contributed by atoms with van der Waals surface area (Å²) in [6.07, 6.45) is 3.26. The topological polar surface area (TPSA) is 87.7 Å². The van der Waals surface area contributed by atoms with Crippen LogP contribution in [-0.4, -0.2) is 53.0 Å². The molecule has 2 atom stereocenters. The summed E-state index contributed by atoms with van der Waals surface area (Å²) >= 11 is 1.59. The third-order valence-corrected chi connectivity index (χ3v) is 6.56. The molecule has 0 aliphatic heterocycles. The highest BCUT2D eigenvalue weighted by atomic mass is 32.2. The van der Waals surface area contributed by atoms with Gasteiger partial charge in [-0.2, -0.15) is 11.8 Å². The highest BCUT2D eigenvalue weighted by Gasteiger charge is 2.35. The first kappa shape index (κ1) is 31.2. The zero-order valence-corrected chi connectivity index (χ0v) is 24.4. The predicted octanol–water partition coefficient (Wildman–Crippen LogP) is 5.49. The van der Waals surface area contributed by atoms with Crippen LogP contribution < -0.4 is 10.6 Å². The number of thioether (sulfide) groups is 1. The molecule has 0 saturated heterocycles. The number of benzene rings is 2. The van der Waals surface area contributed by atoms with E-state index in [1.807, 2.05) is 67.8 Å². The second-order valence-electron chi connectivity index (χ2n) is 10.2. The SMILES string of the molecule is CCCN(C(=O)C(CCSC)NC(=O)OC(C)(C)C)C(C(=O)NCc1ccccc1)c1ccc(CC)cc1. The Morgan fingerprint density at radius 2 is 1.63 bits per heavy atom. The number of carbonyl (C=O) groups excluding carboxylic acids is 3. The van der Waals surface area contributed by atoms with Gasteiger partial charge in [-0.1, -0.05) is 68.4 Å². The largest absolute Gasteiger partial charge is 0.444 e. The predicted molar refractivity (Wildman–Crippen MR) is 155 cm³/mol. The van der Waals surface area contributed by atoms with Crippen molar-refractivity contribution in [2.45, 2.75) is 78.1 Å². The number of carbonyl (C=O) groups is 3. The Labute approximate surface area is 232 Å². The number of hydrogen-bond acceptors (Lipinski definition) is 5. The van der Waals surface area contributed by atoms with E-state index < -0.39 is 23.8 Å². The molecule has 7 nitrogen and oxygen atoms in total. The standard InChI is InChI=1S/C30H43N3O4S/c1-7-19-33(28(35)25(18-20-38-6)32-29(36)37-30(3,4)5)26(24-16-14-22(8-2)15-17-24)27(34)31-21-23-12-10-9-11-13-23/h9-17,25-26H,7-8,18-21H2,1-6H3,(H,31,34)(H,32,36). The number of nitrogens with one attached hydrogen (secondary N) is 2. The molecular formula is C30H43N3O4S. The second-order valence-corrected chi connectivity index (χ2v) is 11.2. The van der Waals surface area contributed by atoms with Crippen LogP contribution in [0.4, 0.5) is 4.79 Å². The van der Waals surface area contributed by atoms with Gasteiger partial charge in [0.15, 0.2) is 0 Å². The summed E-state index contributed by atoms with van der Waals surface area (Å²) in [5.41, 5.74) is 2.16. The van der Waals surface area contributed by atoms with Crippen molar-refractivity contribution in [3.05, 3.63) is 71.3 Å². The van der Waals surface area contributed by atoms with E-state index in [1.165, 1.54) is 0 Å². The number of rotatable bonds is 13. The van der Waals surface area contributed by atoms with Crippen LogP contribution >= 0.6 is 11.8 Å². The van der Waals surface area contributed by atoms with Crippen LogP contribution in [0.25, 0.3) is 0 Å². The Balaban J connectivity index is 2.41. The molecule has 0 heterocycles. The van der Waals surface area contributed by atoms with Crippen LogP contribution in [0.1, 0.15) is 70.2 Å². The Morgan fingerprint density at radius 3 is 2.18 bits per heavy atom. The number of hydrogen-bond donors (Lipinski definition) is 2. The maximum absolute atomic E-state index is 14.0. The van der Waals surface area contributed by atoms with E-state index in [1.54, 1.807) is 37.4 Å². The zero-order chi connectivity index (χ0) is 28.1. The van der Waals surface area contributed by atoms with Crippen LogP contribution in [0.15, 0.2) is 54.6 Å². The highest BCUT2D eigenvalue weighted by molar-refractivity contribution is 7.98. The minimum Gasteiger partial charge on any atom is -0.444 e. The molecule has 2 aromatic carbocycles. The van der Waals surface area contributed by atoms with Crippen LogP contribution in [0.2, 0.25) is 0 Å². The molecule has 0 saturated carbocycles. The minimum absolute atomic E-state index is 0.263. The van der Waals surface area contributed by atoms with Crippen molar-refractivity contribution < 1.29 is 19.1 Å². The first-order valence-corrected chi connectivity index (χ1v) is 14.7. The quantitative estimate of drug-likeness (QED) is 0.350. The molecule has 0 aliphatic rings. The Morgan fingerprint density at radius 1 is 0.974 bits per heavy atom. The number of alkyl carbamates (subject to hydrolysis) is 1. The van der Waals surface area contributed by atoms with Gasteiger partial charge >= 0.3 is 6.09 Å². The van der Waals surface area contributed by atoms with Gasteiger partial charge in [0.1, 0.15) is 17.7 Å². The van der Waals surface area contributed by atoms with Gasteiger partial charge in [-0.25, -0.2) is 4.79 Å². The second kappa shape index (κ2) is 15.4. The van der Waals surface area contributed by atoms with Crippen LogP contribution in [0, 0.1) is 0 Å². The molecule has 0 fully saturated rings. The van der Waals surface area contributed by atoms with Crippen molar-refractivity contribution in [1.29, 1.82) is 0 Å². The van der Waals surface area contributed by atoms with Crippen molar-refractivity contribution in [2.24, 2.45) is 0 Å². The maximum atomic E-state index is 14.0.